The van der Waals surface area contributed by atoms with Crippen molar-refractivity contribution < 1.29 is 14.6 Å². The van der Waals surface area contributed by atoms with Crippen LogP contribution in [0.25, 0.3) is 0 Å². The number of aliphatic hydroxyl groups excluding tert-OH is 1. The minimum Gasteiger partial charge on any atom is -0.389 e. The standard InChI is InChI=1S/C11H20N2O3/c1-2-15-7-8-16-10-11(14)9-12-13-5-3-4-6-13/h3-6,11-12,14H,2,7-10H2,1H3. The molecule has 0 aliphatic heterocycles. The minimum absolute atomic E-state index is 0.321. The SMILES string of the molecule is CCOCCOCC(O)CNn1cccc1. The van der Waals surface area contributed by atoms with Crippen LogP contribution in [0.2, 0.25) is 0 Å². The Hall–Kier alpha value is -1.04. The molecule has 1 unspecified atom stereocenters. The Morgan fingerprint density at radius 1 is 1.25 bits per heavy atom. The second kappa shape index (κ2) is 8.15. The van der Waals surface area contributed by atoms with Gasteiger partial charge in [0.15, 0.2) is 0 Å². The fraction of sp³-hybridized carbons (Fsp3) is 0.636. The predicted molar refractivity (Wildman–Crippen MR) is 62.0 cm³/mol. The summed E-state index contributed by atoms with van der Waals surface area (Å²) in [6, 6.07) is 3.83. The number of aliphatic hydroxyl groups is 1. The molecule has 0 saturated heterocycles. The highest BCUT2D eigenvalue weighted by Gasteiger charge is 2.03. The first kappa shape index (κ1) is 13.0. The minimum atomic E-state index is -0.510. The number of nitrogens with zero attached hydrogens (tertiary/aromatic N) is 1. The average molecular weight is 228 g/mol. The fourth-order valence-electron chi connectivity index (χ4n) is 1.19. The van der Waals surface area contributed by atoms with Crippen LogP contribution >= 0.6 is 0 Å². The van der Waals surface area contributed by atoms with Gasteiger partial charge in [0, 0.05) is 19.0 Å². The highest BCUT2D eigenvalue weighted by Crippen LogP contribution is 1.89. The van der Waals surface area contributed by atoms with Crippen molar-refractivity contribution in [1.29, 1.82) is 0 Å². The van der Waals surface area contributed by atoms with E-state index in [9.17, 15) is 5.11 Å². The van der Waals surface area contributed by atoms with E-state index in [4.69, 9.17) is 9.47 Å². The maximum absolute atomic E-state index is 9.56. The Bertz CT molecular complexity index is 252. The van der Waals surface area contributed by atoms with Crippen molar-refractivity contribution in [3.05, 3.63) is 24.5 Å². The second-order valence-electron chi connectivity index (χ2n) is 3.38. The highest BCUT2D eigenvalue weighted by molar-refractivity contribution is 4.93. The maximum Gasteiger partial charge on any atom is 0.0961 e. The van der Waals surface area contributed by atoms with E-state index >= 15 is 0 Å². The molecular formula is C11H20N2O3. The van der Waals surface area contributed by atoms with Crippen LogP contribution in [0.5, 0.6) is 0 Å². The number of hydrogen-bond donors (Lipinski definition) is 2. The van der Waals surface area contributed by atoms with Crippen LogP contribution in [0, 0.1) is 0 Å². The second-order valence-corrected chi connectivity index (χ2v) is 3.38. The lowest BCUT2D eigenvalue weighted by Gasteiger charge is -2.13. The van der Waals surface area contributed by atoms with Gasteiger partial charge in [0.2, 0.25) is 0 Å². The lowest BCUT2D eigenvalue weighted by molar-refractivity contribution is 0.00960. The van der Waals surface area contributed by atoms with Crippen LogP contribution in [0.4, 0.5) is 0 Å². The molecule has 1 aromatic rings. The number of hydrogen-bond acceptors (Lipinski definition) is 4. The normalized spacial score (nSPS) is 12.6. The van der Waals surface area contributed by atoms with E-state index in [0.29, 0.717) is 33.0 Å². The molecule has 1 atom stereocenters. The first-order valence-electron chi connectivity index (χ1n) is 5.53. The van der Waals surface area contributed by atoms with Crippen LogP contribution in [-0.2, 0) is 9.47 Å². The third-order valence-corrected chi connectivity index (χ3v) is 2.00. The van der Waals surface area contributed by atoms with Crippen LogP contribution < -0.4 is 5.43 Å². The van der Waals surface area contributed by atoms with Crippen molar-refractivity contribution in [2.75, 3.05) is 38.4 Å². The summed E-state index contributed by atoms with van der Waals surface area (Å²) in [5.74, 6) is 0. The third kappa shape index (κ3) is 5.75. The van der Waals surface area contributed by atoms with Gasteiger partial charge in [-0.2, -0.15) is 0 Å². The summed E-state index contributed by atoms with van der Waals surface area (Å²) >= 11 is 0. The summed E-state index contributed by atoms with van der Waals surface area (Å²) in [6.45, 7) is 4.52. The predicted octanol–water partition coefficient (Wildman–Crippen LogP) is 0.446. The summed E-state index contributed by atoms with van der Waals surface area (Å²) in [4.78, 5) is 0. The van der Waals surface area contributed by atoms with Gasteiger partial charge in [-0.1, -0.05) is 0 Å². The van der Waals surface area contributed by atoms with Crippen LogP contribution in [0.1, 0.15) is 6.92 Å². The zero-order valence-electron chi connectivity index (χ0n) is 9.63. The quantitative estimate of drug-likeness (QED) is 0.602. The fourth-order valence-corrected chi connectivity index (χ4v) is 1.19. The molecule has 0 spiro atoms. The molecule has 2 N–H and O–H groups in total. The van der Waals surface area contributed by atoms with E-state index in [2.05, 4.69) is 5.43 Å². The Morgan fingerprint density at radius 2 is 1.94 bits per heavy atom. The van der Waals surface area contributed by atoms with E-state index in [0.717, 1.165) is 0 Å². The summed E-state index contributed by atoms with van der Waals surface area (Å²) in [5.41, 5.74) is 3.03. The molecular weight excluding hydrogens is 208 g/mol. The number of nitrogens with one attached hydrogen (secondary N) is 1. The lowest BCUT2D eigenvalue weighted by Crippen LogP contribution is -2.29. The van der Waals surface area contributed by atoms with Crippen LogP contribution in [-0.4, -0.2) is 48.9 Å². The van der Waals surface area contributed by atoms with Crippen molar-refractivity contribution in [2.45, 2.75) is 13.0 Å². The molecule has 1 rings (SSSR count). The van der Waals surface area contributed by atoms with Crippen LogP contribution in [0.15, 0.2) is 24.5 Å². The Kier molecular flexibility index (Phi) is 6.64. The van der Waals surface area contributed by atoms with Gasteiger partial charge in [-0.05, 0) is 19.1 Å². The van der Waals surface area contributed by atoms with Gasteiger partial charge in [0.05, 0.1) is 32.5 Å². The summed E-state index contributed by atoms with van der Waals surface area (Å²) in [6.07, 6.45) is 3.25. The Morgan fingerprint density at radius 3 is 2.62 bits per heavy atom. The summed E-state index contributed by atoms with van der Waals surface area (Å²) < 4.78 is 12.1. The molecule has 5 nitrogen and oxygen atoms in total. The topological polar surface area (TPSA) is 55.6 Å². The molecule has 0 fully saturated rings. The van der Waals surface area contributed by atoms with E-state index in [-0.39, 0.29) is 0 Å². The number of aromatic nitrogens is 1. The smallest absolute Gasteiger partial charge is 0.0961 e. The lowest BCUT2D eigenvalue weighted by atomic mass is 10.4. The van der Waals surface area contributed by atoms with E-state index in [1.165, 1.54) is 0 Å². The zero-order chi connectivity index (χ0) is 11.6. The molecule has 0 amide bonds. The molecule has 92 valence electrons. The molecule has 0 radical (unpaired) electrons. The molecule has 0 bridgehead atoms. The first-order valence-corrected chi connectivity index (χ1v) is 5.53. The van der Waals surface area contributed by atoms with Gasteiger partial charge in [-0.15, -0.1) is 0 Å². The van der Waals surface area contributed by atoms with Gasteiger partial charge in [0.25, 0.3) is 0 Å². The molecule has 1 heterocycles. The number of rotatable bonds is 9. The van der Waals surface area contributed by atoms with Crippen molar-refractivity contribution >= 4 is 0 Å². The first-order chi connectivity index (χ1) is 7.83. The van der Waals surface area contributed by atoms with E-state index in [1.54, 1.807) is 4.68 Å². The Balaban J connectivity index is 1.96. The van der Waals surface area contributed by atoms with Crippen molar-refractivity contribution in [3.63, 3.8) is 0 Å². The highest BCUT2D eigenvalue weighted by atomic mass is 16.5. The van der Waals surface area contributed by atoms with Crippen molar-refractivity contribution in [1.82, 2.24) is 4.68 Å². The summed E-state index contributed by atoms with van der Waals surface area (Å²) in [5, 5.41) is 9.56. The van der Waals surface area contributed by atoms with E-state index < -0.39 is 6.10 Å². The van der Waals surface area contributed by atoms with E-state index in [1.807, 2.05) is 31.5 Å². The zero-order valence-corrected chi connectivity index (χ0v) is 9.63. The molecule has 0 saturated carbocycles. The van der Waals surface area contributed by atoms with Gasteiger partial charge >= 0.3 is 0 Å². The number of ether oxygens (including phenoxy) is 2. The Labute approximate surface area is 95.9 Å². The van der Waals surface area contributed by atoms with Gasteiger partial charge in [0.1, 0.15) is 0 Å². The third-order valence-electron chi connectivity index (χ3n) is 2.00. The van der Waals surface area contributed by atoms with Gasteiger partial charge in [-0.25, -0.2) is 0 Å². The average Bonchev–Trinajstić information content (AvgIpc) is 2.79. The summed E-state index contributed by atoms with van der Waals surface area (Å²) in [7, 11) is 0. The molecule has 0 aromatic carbocycles. The molecule has 5 heteroatoms. The molecule has 0 aliphatic carbocycles. The van der Waals surface area contributed by atoms with Crippen molar-refractivity contribution in [3.8, 4) is 0 Å². The molecule has 1 aromatic heterocycles. The largest absolute Gasteiger partial charge is 0.389 e. The van der Waals surface area contributed by atoms with Gasteiger partial charge in [-0.3, -0.25) is 4.68 Å². The van der Waals surface area contributed by atoms with Crippen molar-refractivity contribution in [2.24, 2.45) is 0 Å². The van der Waals surface area contributed by atoms with Crippen LogP contribution in [0.3, 0.4) is 0 Å². The monoisotopic (exact) mass is 228 g/mol. The van der Waals surface area contributed by atoms with Gasteiger partial charge < -0.3 is 20.0 Å². The maximum atomic E-state index is 9.56. The molecule has 0 aliphatic rings. The molecule has 16 heavy (non-hydrogen) atoms.